The van der Waals surface area contributed by atoms with Crippen LogP contribution in [0.1, 0.15) is 112 Å². The molecule has 3 heterocycles. The van der Waals surface area contributed by atoms with E-state index < -0.39 is 11.7 Å². The first kappa shape index (κ1) is 32.4. The Labute approximate surface area is 277 Å². The largest absolute Gasteiger partial charge is 0.388 e. The molecule has 260 valence electrons. The van der Waals surface area contributed by atoms with Crippen LogP contribution >= 0.6 is 0 Å². The van der Waals surface area contributed by atoms with Crippen LogP contribution < -0.4 is 5.32 Å². The van der Waals surface area contributed by atoms with Crippen LogP contribution in [0.3, 0.4) is 0 Å². The highest BCUT2D eigenvalue weighted by atomic mass is 16.7. The summed E-state index contributed by atoms with van der Waals surface area (Å²) in [5, 5.41) is 24.8. The predicted molar refractivity (Wildman–Crippen MR) is 175 cm³/mol. The van der Waals surface area contributed by atoms with Gasteiger partial charge in [-0.15, -0.1) is 0 Å². The molecule has 0 aromatic carbocycles. The standard InChI is InChI=1S/C38H62N2O6/c1-34(2)29-9-7-24-26-20-28-25(6-8-27(45-28)32(41)35(3,4)43)36(26,5)14-15-37(24)22-38(29,37)13-10-30(34)46-31-21-40(18-19-44-31)33(42)23-11-16-39-17-12-23/h23-32,39,41,43H,6-22H2,1-5H3. The summed E-state index contributed by atoms with van der Waals surface area (Å²) < 4.78 is 19.8. The lowest BCUT2D eigenvalue weighted by Gasteiger charge is -2.60. The van der Waals surface area contributed by atoms with Crippen molar-refractivity contribution in [1.29, 1.82) is 0 Å². The van der Waals surface area contributed by atoms with E-state index in [1.54, 1.807) is 13.8 Å². The minimum atomic E-state index is -1.14. The summed E-state index contributed by atoms with van der Waals surface area (Å²) in [5.74, 6) is 3.15. The molecule has 12 unspecified atom stereocenters. The van der Waals surface area contributed by atoms with Gasteiger partial charge in [-0.05, 0) is 149 Å². The summed E-state index contributed by atoms with van der Waals surface area (Å²) >= 11 is 0. The monoisotopic (exact) mass is 642 g/mol. The molecular weight excluding hydrogens is 580 g/mol. The maximum absolute atomic E-state index is 13.3. The van der Waals surface area contributed by atoms with E-state index in [0.29, 0.717) is 59.6 Å². The number of hydrogen-bond acceptors (Lipinski definition) is 7. The third-order valence-electron chi connectivity index (χ3n) is 16.0. The number of carbonyl (C=O) groups excluding carboxylic acids is 1. The minimum absolute atomic E-state index is 0.0748. The maximum atomic E-state index is 13.3. The number of rotatable bonds is 5. The summed E-state index contributed by atoms with van der Waals surface area (Å²) in [6.45, 7) is 14.6. The smallest absolute Gasteiger partial charge is 0.226 e. The Balaban J connectivity index is 0.942. The van der Waals surface area contributed by atoms with E-state index in [0.717, 1.165) is 57.5 Å². The number of morpholine rings is 1. The molecule has 0 aromatic rings. The Morgan fingerprint density at radius 2 is 1.72 bits per heavy atom. The lowest BCUT2D eigenvalue weighted by atomic mass is 9.46. The van der Waals surface area contributed by atoms with Crippen molar-refractivity contribution in [1.82, 2.24) is 10.2 Å². The quantitative estimate of drug-likeness (QED) is 0.393. The second kappa shape index (κ2) is 11.1. The maximum Gasteiger partial charge on any atom is 0.226 e. The molecule has 5 aliphatic carbocycles. The zero-order chi connectivity index (χ0) is 32.3. The van der Waals surface area contributed by atoms with Gasteiger partial charge in [0.2, 0.25) is 5.91 Å². The number of fused-ring (bicyclic) bond motifs is 4. The molecular formula is C38H62N2O6. The summed E-state index contributed by atoms with van der Waals surface area (Å²) in [5.41, 5.74) is 0.178. The molecule has 3 saturated heterocycles. The first-order valence-electron chi connectivity index (χ1n) is 19.1. The van der Waals surface area contributed by atoms with Crippen LogP contribution in [-0.2, 0) is 19.0 Å². The zero-order valence-corrected chi connectivity index (χ0v) is 29.3. The number of nitrogens with zero attached hydrogens (tertiary/aromatic N) is 1. The van der Waals surface area contributed by atoms with E-state index in [9.17, 15) is 15.0 Å². The molecule has 46 heavy (non-hydrogen) atoms. The molecule has 1 amide bonds. The molecule has 8 rings (SSSR count). The predicted octanol–water partition coefficient (Wildman–Crippen LogP) is 4.89. The van der Waals surface area contributed by atoms with E-state index in [1.807, 2.05) is 4.90 Å². The summed E-state index contributed by atoms with van der Waals surface area (Å²) in [6, 6.07) is 0. The SMILES string of the molecule is CC(C)(O)C(O)C1CCC2C(CC3C4CCC5C(C)(C)C(OC6CN(C(=O)C7CCNCC7)CCO6)CCC56CC46CCC23C)O1. The molecule has 5 saturated carbocycles. The molecule has 3 N–H and O–H groups in total. The summed E-state index contributed by atoms with van der Waals surface area (Å²) in [7, 11) is 0. The lowest BCUT2D eigenvalue weighted by molar-refractivity contribution is -0.245. The van der Waals surface area contributed by atoms with Crippen molar-refractivity contribution in [3.8, 4) is 0 Å². The van der Waals surface area contributed by atoms with Crippen LogP contribution in [-0.4, -0.2) is 90.1 Å². The van der Waals surface area contributed by atoms with Crippen LogP contribution in [0.2, 0.25) is 0 Å². The third-order valence-corrected chi connectivity index (χ3v) is 16.0. The minimum Gasteiger partial charge on any atom is -0.388 e. The first-order valence-corrected chi connectivity index (χ1v) is 19.1. The Kier molecular flexibility index (Phi) is 7.84. The van der Waals surface area contributed by atoms with Crippen molar-refractivity contribution in [2.24, 2.45) is 51.2 Å². The van der Waals surface area contributed by atoms with E-state index in [4.69, 9.17) is 14.2 Å². The molecule has 2 spiro atoms. The molecule has 0 radical (unpaired) electrons. The summed E-state index contributed by atoms with van der Waals surface area (Å²) in [4.78, 5) is 15.3. The highest BCUT2D eigenvalue weighted by molar-refractivity contribution is 5.79. The molecule has 0 bridgehead atoms. The third kappa shape index (κ3) is 4.76. The fraction of sp³-hybridized carbons (Fsp3) is 0.974. The molecule has 12 atom stereocenters. The van der Waals surface area contributed by atoms with Crippen LogP contribution in [0, 0.1) is 51.2 Å². The fourth-order valence-electron chi connectivity index (χ4n) is 13.6. The van der Waals surface area contributed by atoms with Crippen molar-refractivity contribution >= 4 is 5.91 Å². The van der Waals surface area contributed by atoms with Gasteiger partial charge in [0.05, 0.1) is 37.1 Å². The fourth-order valence-corrected chi connectivity index (χ4v) is 13.6. The topological polar surface area (TPSA) is 100 Å². The van der Waals surface area contributed by atoms with Gasteiger partial charge in [-0.25, -0.2) is 0 Å². The van der Waals surface area contributed by atoms with Gasteiger partial charge < -0.3 is 34.6 Å². The average molecular weight is 643 g/mol. The van der Waals surface area contributed by atoms with Gasteiger partial charge in [-0.3, -0.25) is 4.79 Å². The highest BCUT2D eigenvalue weighted by Gasteiger charge is 2.80. The van der Waals surface area contributed by atoms with E-state index >= 15 is 0 Å². The second-order valence-corrected chi connectivity index (χ2v) is 18.7. The van der Waals surface area contributed by atoms with Gasteiger partial charge in [-0.2, -0.15) is 0 Å². The highest BCUT2D eigenvalue weighted by Crippen LogP contribution is 2.87. The molecule has 8 fully saturated rings. The normalized spacial score (nSPS) is 49.2. The van der Waals surface area contributed by atoms with Gasteiger partial charge in [-0.1, -0.05) is 20.8 Å². The number of aliphatic hydroxyl groups is 2. The van der Waals surface area contributed by atoms with Crippen LogP contribution in [0.25, 0.3) is 0 Å². The molecule has 3 aliphatic heterocycles. The molecule has 8 heteroatoms. The van der Waals surface area contributed by atoms with Crippen molar-refractivity contribution in [2.45, 2.75) is 148 Å². The number of amides is 1. The molecule has 8 nitrogen and oxygen atoms in total. The molecule has 8 aliphatic rings. The van der Waals surface area contributed by atoms with Crippen molar-refractivity contribution < 1.29 is 29.2 Å². The van der Waals surface area contributed by atoms with Gasteiger partial charge in [0.25, 0.3) is 0 Å². The molecule has 0 aromatic heterocycles. The second-order valence-electron chi connectivity index (χ2n) is 18.7. The van der Waals surface area contributed by atoms with E-state index in [-0.39, 0.29) is 35.9 Å². The number of nitrogens with one attached hydrogen (secondary N) is 1. The van der Waals surface area contributed by atoms with Crippen molar-refractivity contribution in [3.63, 3.8) is 0 Å². The van der Waals surface area contributed by atoms with Crippen molar-refractivity contribution in [2.75, 3.05) is 32.8 Å². The number of carbonyl (C=O) groups is 1. The Morgan fingerprint density at radius 1 is 0.957 bits per heavy atom. The van der Waals surface area contributed by atoms with Gasteiger partial charge in [0, 0.05) is 12.5 Å². The van der Waals surface area contributed by atoms with E-state index in [2.05, 4.69) is 26.1 Å². The van der Waals surface area contributed by atoms with Crippen LogP contribution in [0.15, 0.2) is 0 Å². The summed E-state index contributed by atoms with van der Waals surface area (Å²) in [6.07, 6.45) is 12.9. The number of aliphatic hydroxyl groups excluding tert-OH is 1. The number of piperidine rings is 1. The van der Waals surface area contributed by atoms with Gasteiger partial charge in [0.15, 0.2) is 6.29 Å². The van der Waals surface area contributed by atoms with Crippen LogP contribution in [0.5, 0.6) is 0 Å². The first-order chi connectivity index (χ1) is 21.8. The Hall–Kier alpha value is -0.770. The zero-order valence-electron chi connectivity index (χ0n) is 29.3. The Morgan fingerprint density at radius 3 is 2.48 bits per heavy atom. The number of ether oxygens (including phenoxy) is 3. The van der Waals surface area contributed by atoms with Crippen LogP contribution in [0.4, 0.5) is 0 Å². The van der Waals surface area contributed by atoms with Gasteiger partial charge >= 0.3 is 0 Å². The average Bonchev–Trinajstić information content (AvgIpc) is 3.61. The van der Waals surface area contributed by atoms with Crippen molar-refractivity contribution in [3.05, 3.63) is 0 Å². The van der Waals surface area contributed by atoms with Gasteiger partial charge in [0.1, 0.15) is 6.10 Å². The number of hydrogen-bond donors (Lipinski definition) is 3. The Bertz CT molecular complexity index is 1180. The van der Waals surface area contributed by atoms with E-state index in [1.165, 1.54) is 38.5 Å². The lowest BCUT2D eigenvalue weighted by Crippen LogP contribution is -2.56.